The molecule has 0 N–H and O–H groups in total. The van der Waals surface area contributed by atoms with Crippen molar-refractivity contribution in [1.82, 2.24) is 0 Å². The highest BCUT2D eigenvalue weighted by Crippen LogP contribution is 2.52. The average molecular weight is 846 g/mol. The predicted molar refractivity (Wildman–Crippen MR) is 196 cm³/mol. The van der Waals surface area contributed by atoms with E-state index < -0.39 is 90.0 Å². The number of ether oxygens (including phenoxy) is 3. The van der Waals surface area contributed by atoms with Crippen LogP contribution < -0.4 is 4.74 Å². The fraction of sp³-hybridized carbons (Fsp3) is 0.316. The van der Waals surface area contributed by atoms with Crippen LogP contribution in [0, 0.1) is 20.2 Å². The smallest absolute Gasteiger partial charge is 0.416 e. The Morgan fingerprint density at radius 3 is 1.25 bits per heavy atom. The van der Waals surface area contributed by atoms with Crippen LogP contribution in [-0.4, -0.2) is 35.0 Å². The predicted octanol–water partition coefficient (Wildman–Crippen LogP) is 12.1. The number of nitro benzene ring substituents is 2. The van der Waals surface area contributed by atoms with E-state index in [-0.39, 0.29) is 59.4 Å². The molecular formula is C38H32Cl2F6N2O9. The second kappa shape index (κ2) is 17.8. The maximum Gasteiger partial charge on any atom is 0.416 e. The Kier molecular flexibility index (Phi) is 13.8. The molecule has 4 rings (SSSR count). The van der Waals surface area contributed by atoms with Gasteiger partial charge in [-0.1, -0.05) is 49.2 Å². The molecule has 2 atom stereocenters. The van der Waals surface area contributed by atoms with Crippen LogP contribution in [0.3, 0.4) is 0 Å². The van der Waals surface area contributed by atoms with Crippen molar-refractivity contribution < 1.29 is 60.0 Å². The minimum Gasteiger partial charge on any atom is -0.466 e. The summed E-state index contributed by atoms with van der Waals surface area (Å²) in [6.07, 6.45) is -10.0. The van der Waals surface area contributed by atoms with Crippen molar-refractivity contribution in [3.8, 4) is 33.8 Å². The third-order valence-corrected chi connectivity index (χ3v) is 9.39. The zero-order chi connectivity index (χ0) is 42.6. The lowest BCUT2D eigenvalue weighted by atomic mass is 9.85. The Morgan fingerprint density at radius 1 is 0.632 bits per heavy atom. The molecule has 0 aliphatic rings. The fourth-order valence-electron chi connectivity index (χ4n) is 6.30. The third kappa shape index (κ3) is 9.42. The number of nitro groups is 2. The summed E-state index contributed by atoms with van der Waals surface area (Å²) in [5.74, 6) is -5.58. The summed E-state index contributed by atoms with van der Waals surface area (Å²) in [5.41, 5.74) is -5.78. The minimum atomic E-state index is -4.87. The van der Waals surface area contributed by atoms with Crippen LogP contribution in [0.5, 0.6) is 11.5 Å². The van der Waals surface area contributed by atoms with Gasteiger partial charge in [-0.3, -0.25) is 29.8 Å². The van der Waals surface area contributed by atoms with Crippen molar-refractivity contribution in [3.63, 3.8) is 0 Å². The zero-order valence-corrected chi connectivity index (χ0v) is 31.9. The van der Waals surface area contributed by atoms with E-state index in [0.29, 0.717) is 24.3 Å². The number of hydrogen-bond acceptors (Lipinski definition) is 9. The van der Waals surface area contributed by atoms with Gasteiger partial charge in [0.1, 0.15) is 11.5 Å². The van der Waals surface area contributed by atoms with Crippen LogP contribution in [0.1, 0.15) is 74.6 Å². The SMILES string of the molecule is CCOC(=O)C(CC)c1c([N+](=O)[O-])ccc(Oc2ccc([N+](=O)[O-])c(C(CC)C(=O)OCC)c2-c2ccc(C(F)(F)F)cc2Cl)c1-c1ccc(C(F)(F)F)cc1Cl. The average Bonchev–Trinajstić information content (AvgIpc) is 3.12. The Balaban J connectivity index is 2.23. The Morgan fingerprint density at radius 2 is 0.982 bits per heavy atom. The van der Waals surface area contributed by atoms with Gasteiger partial charge in [-0.25, -0.2) is 0 Å². The van der Waals surface area contributed by atoms with Crippen molar-refractivity contribution in [3.05, 3.63) is 113 Å². The van der Waals surface area contributed by atoms with Gasteiger partial charge in [-0.2, -0.15) is 26.3 Å². The van der Waals surface area contributed by atoms with Crippen LogP contribution in [0.2, 0.25) is 10.0 Å². The molecule has 19 heteroatoms. The number of hydrogen-bond donors (Lipinski definition) is 0. The van der Waals surface area contributed by atoms with Gasteiger partial charge in [0.05, 0.1) is 57.2 Å². The molecule has 0 fully saturated rings. The summed E-state index contributed by atoms with van der Waals surface area (Å²) in [7, 11) is 0. The van der Waals surface area contributed by atoms with Gasteiger partial charge in [-0.15, -0.1) is 0 Å². The van der Waals surface area contributed by atoms with E-state index in [2.05, 4.69) is 0 Å². The van der Waals surface area contributed by atoms with Gasteiger partial charge in [-0.05, 0) is 63.1 Å². The molecule has 0 radical (unpaired) electrons. The molecule has 4 aromatic carbocycles. The number of halogens is 8. The van der Waals surface area contributed by atoms with E-state index >= 15 is 0 Å². The number of nitrogens with zero attached hydrogens (tertiary/aromatic N) is 2. The maximum atomic E-state index is 13.8. The second-order valence-corrected chi connectivity index (χ2v) is 13.0. The first-order valence-electron chi connectivity index (χ1n) is 17.1. The number of carbonyl (C=O) groups is 2. The summed E-state index contributed by atoms with van der Waals surface area (Å²) >= 11 is 12.9. The maximum absolute atomic E-state index is 13.8. The standard InChI is InChI=1S/C38H32Cl2F6N2O9/c1-5-21(35(49)55-7-3)31-27(47(51)52)13-15-29(33(31)23-11-9-19(17-25(23)39)37(41,42)43)57-30-16-14-28(48(53)54)32(22(6-2)36(50)56-8-4)34(30)24-12-10-20(18-26(24)40)38(44,45)46/h9-18,21-22H,5-8H2,1-4H3. The van der Waals surface area contributed by atoms with Crippen LogP contribution >= 0.6 is 23.2 Å². The molecule has 0 aliphatic carbocycles. The minimum absolute atomic E-state index is 0.139. The molecule has 0 aromatic heterocycles. The van der Waals surface area contributed by atoms with Crippen molar-refractivity contribution in [2.45, 2.75) is 64.7 Å². The molecule has 57 heavy (non-hydrogen) atoms. The number of carbonyl (C=O) groups excluding carboxylic acids is 2. The van der Waals surface area contributed by atoms with Crippen molar-refractivity contribution >= 4 is 46.5 Å². The molecule has 0 saturated heterocycles. The van der Waals surface area contributed by atoms with Gasteiger partial charge >= 0.3 is 24.3 Å². The summed E-state index contributed by atoms with van der Waals surface area (Å²) in [6.45, 7) is 5.63. The number of benzene rings is 4. The van der Waals surface area contributed by atoms with Gasteiger partial charge < -0.3 is 14.2 Å². The molecule has 11 nitrogen and oxygen atoms in total. The van der Waals surface area contributed by atoms with Gasteiger partial charge in [0.25, 0.3) is 11.4 Å². The molecular weight excluding hydrogens is 813 g/mol. The second-order valence-electron chi connectivity index (χ2n) is 12.2. The highest BCUT2D eigenvalue weighted by Gasteiger charge is 2.39. The van der Waals surface area contributed by atoms with Crippen LogP contribution in [-0.2, 0) is 31.4 Å². The summed E-state index contributed by atoms with van der Waals surface area (Å²) < 4.78 is 99.3. The largest absolute Gasteiger partial charge is 0.466 e. The summed E-state index contributed by atoms with van der Waals surface area (Å²) in [6, 6.07) is 8.15. The van der Waals surface area contributed by atoms with Crippen LogP contribution in [0.25, 0.3) is 22.3 Å². The van der Waals surface area contributed by atoms with Crippen LogP contribution in [0.4, 0.5) is 37.7 Å². The van der Waals surface area contributed by atoms with E-state index in [1.54, 1.807) is 0 Å². The first-order chi connectivity index (χ1) is 26.7. The number of rotatable bonds is 14. The molecule has 0 bridgehead atoms. The molecule has 304 valence electrons. The Labute approximate surface area is 330 Å². The third-order valence-electron chi connectivity index (χ3n) is 8.77. The zero-order valence-electron chi connectivity index (χ0n) is 30.3. The molecule has 0 amide bonds. The highest BCUT2D eigenvalue weighted by molar-refractivity contribution is 6.34. The highest BCUT2D eigenvalue weighted by atomic mass is 35.5. The topological polar surface area (TPSA) is 148 Å². The number of alkyl halides is 6. The van der Waals surface area contributed by atoms with E-state index in [1.165, 1.54) is 27.7 Å². The lowest BCUT2D eigenvalue weighted by Crippen LogP contribution is -2.18. The molecule has 4 aromatic rings. The Hall–Kier alpha value is -5.42. The van der Waals surface area contributed by atoms with E-state index in [0.717, 1.165) is 36.4 Å². The molecule has 0 aliphatic heterocycles. The van der Waals surface area contributed by atoms with Crippen molar-refractivity contribution in [2.75, 3.05) is 13.2 Å². The van der Waals surface area contributed by atoms with Gasteiger partial charge in [0, 0.05) is 44.4 Å². The molecule has 0 heterocycles. The monoisotopic (exact) mass is 844 g/mol. The van der Waals surface area contributed by atoms with Crippen LogP contribution in [0.15, 0.2) is 60.7 Å². The van der Waals surface area contributed by atoms with E-state index in [1.807, 2.05) is 0 Å². The normalized spacial score (nSPS) is 12.8. The van der Waals surface area contributed by atoms with Crippen molar-refractivity contribution in [1.29, 1.82) is 0 Å². The lowest BCUT2D eigenvalue weighted by molar-refractivity contribution is -0.385. The molecule has 0 saturated carbocycles. The first kappa shape index (κ1) is 44.3. The quantitative estimate of drug-likeness (QED) is 0.0523. The fourth-order valence-corrected chi connectivity index (χ4v) is 6.85. The van der Waals surface area contributed by atoms with Crippen molar-refractivity contribution in [2.24, 2.45) is 0 Å². The Bertz CT molecular complexity index is 2060. The molecule has 2 unspecified atom stereocenters. The van der Waals surface area contributed by atoms with E-state index in [9.17, 15) is 56.2 Å². The van der Waals surface area contributed by atoms with Gasteiger partial charge in [0.15, 0.2) is 0 Å². The summed E-state index contributed by atoms with van der Waals surface area (Å²) in [5, 5.41) is 23.9. The van der Waals surface area contributed by atoms with E-state index in [4.69, 9.17) is 37.4 Å². The molecule has 0 spiro atoms. The summed E-state index contributed by atoms with van der Waals surface area (Å²) in [4.78, 5) is 50.1. The van der Waals surface area contributed by atoms with Gasteiger partial charge in [0.2, 0.25) is 0 Å². The first-order valence-corrected chi connectivity index (χ1v) is 17.8. The lowest BCUT2D eigenvalue weighted by Gasteiger charge is -2.24. The number of esters is 2.